The molecule has 1 heterocycles. The Morgan fingerprint density at radius 2 is 1.36 bits per heavy atom. The van der Waals surface area contributed by atoms with Gasteiger partial charge in [-0.2, -0.15) is 43.8 Å². The van der Waals surface area contributed by atoms with E-state index < -0.39 is 63.9 Å². The zero-order valence-electron chi connectivity index (χ0n) is 25.9. The molecule has 0 bridgehead atoms. The number of hydrogen-bond donors (Lipinski definition) is 0. The van der Waals surface area contributed by atoms with E-state index in [1.54, 1.807) is 18.7 Å². The monoisotopic (exact) mass is 705 g/mol. The minimum Gasteiger partial charge on any atom is -0.466 e. The maximum Gasteiger partial charge on any atom is 0.417 e. The fourth-order valence-electron chi connectivity index (χ4n) is 5.60. The summed E-state index contributed by atoms with van der Waals surface area (Å²) in [6.45, 7) is 2.47. The Morgan fingerprint density at radius 3 is 1.83 bits per heavy atom. The zero-order valence-corrected chi connectivity index (χ0v) is 26.7. The lowest BCUT2D eigenvalue weighted by Gasteiger charge is -2.34. The number of pyridine rings is 1. The minimum atomic E-state index is -5.19. The molecule has 2 aromatic rings. The number of halogens is 9. The molecule has 17 heteroatoms. The molecule has 0 saturated heterocycles. The summed E-state index contributed by atoms with van der Waals surface area (Å²) in [4.78, 5) is 17.5. The van der Waals surface area contributed by atoms with Gasteiger partial charge >= 0.3 is 24.5 Å². The summed E-state index contributed by atoms with van der Waals surface area (Å²) in [5, 5.41) is 0. The number of anilines is 1. The number of carbonyl (C=O) groups excluding carboxylic acids is 1. The summed E-state index contributed by atoms with van der Waals surface area (Å²) < 4.78 is 153. The number of benzene rings is 1. The Morgan fingerprint density at radius 1 is 0.830 bits per heavy atom. The Kier molecular flexibility index (Phi) is 12.2. The molecule has 1 aliphatic carbocycles. The first-order chi connectivity index (χ1) is 21.6. The Balaban J connectivity index is 1.96. The van der Waals surface area contributed by atoms with Crippen LogP contribution in [0.5, 0.6) is 0 Å². The summed E-state index contributed by atoms with van der Waals surface area (Å²) in [7, 11) is -4.40. The van der Waals surface area contributed by atoms with Crippen LogP contribution in [0.1, 0.15) is 73.8 Å². The molecular weight excluding hydrogens is 669 g/mol. The molecule has 0 aliphatic heterocycles. The second-order valence-corrected chi connectivity index (χ2v) is 13.6. The van der Waals surface area contributed by atoms with E-state index in [1.807, 2.05) is 0 Å². The predicted octanol–water partition coefficient (Wildman–Crippen LogP) is 7.69. The van der Waals surface area contributed by atoms with Crippen molar-refractivity contribution in [3.8, 4) is 0 Å². The van der Waals surface area contributed by atoms with Gasteiger partial charge in [-0.15, -0.1) is 0 Å². The van der Waals surface area contributed by atoms with Crippen molar-refractivity contribution in [1.29, 1.82) is 0 Å². The predicted molar refractivity (Wildman–Crippen MR) is 154 cm³/mol. The maximum atomic E-state index is 13.7. The SMILES string of the molecule is CCOC(=O)C[C@H]1CC[C@H](CN(CC)c2ncc(C(F)(F)F)cc2CN(Cc2cc(C(F)(F)F)cc(C(F)(F)F)c2)S(C)(=O)=O)CC1. The van der Waals surface area contributed by atoms with Gasteiger partial charge in [0.1, 0.15) is 5.82 Å². The number of hydrogen-bond acceptors (Lipinski definition) is 6. The molecule has 0 amide bonds. The Bertz CT molecular complexity index is 1450. The molecule has 0 spiro atoms. The number of esters is 1. The first-order valence-electron chi connectivity index (χ1n) is 14.8. The highest BCUT2D eigenvalue weighted by Gasteiger charge is 2.38. The number of carbonyl (C=O) groups is 1. The fraction of sp³-hybridized carbons (Fsp3) is 0.600. The normalized spacial score (nSPS) is 18.0. The first kappa shape index (κ1) is 38.4. The highest BCUT2D eigenvalue weighted by Crippen LogP contribution is 2.38. The van der Waals surface area contributed by atoms with Gasteiger partial charge < -0.3 is 9.64 Å². The lowest BCUT2D eigenvalue weighted by Crippen LogP contribution is -2.35. The van der Waals surface area contributed by atoms with E-state index in [0.717, 1.165) is 0 Å². The average Bonchev–Trinajstić information content (AvgIpc) is 2.94. The van der Waals surface area contributed by atoms with Crippen LogP contribution in [0.3, 0.4) is 0 Å². The molecule has 7 nitrogen and oxygen atoms in total. The van der Waals surface area contributed by atoms with Gasteiger partial charge in [0, 0.05) is 44.4 Å². The molecule has 1 aromatic heterocycles. The molecule has 1 fully saturated rings. The maximum absolute atomic E-state index is 13.7. The third-order valence-electron chi connectivity index (χ3n) is 7.98. The third-order valence-corrected chi connectivity index (χ3v) is 9.18. The summed E-state index contributed by atoms with van der Waals surface area (Å²) >= 11 is 0. The van der Waals surface area contributed by atoms with Crippen LogP contribution in [0, 0.1) is 11.8 Å². The van der Waals surface area contributed by atoms with Gasteiger partial charge in [0.05, 0.1) is 29.6 Å². The van der Waals surface area contributed by atoms with E-state index in [2.05, 4.69) is 4.98 Å². The molecule has 3 rings (SSSR count). The number of ether oxygens (including phenoxy) is 1. The molecule has 1 aromatic carbocycles. The Labute approximate surface area is 267 Å². The fourth-order valence-corrected chi connectivity index (χ4v) is 6.36. The van der Waals surface area contributed by atoms with Gasteiger partial charge in [-0.05, 0) is 81.2 Å². The topological polar surface area (TPSA) is 79.8 Å². The van der Waals surface area contributed by atoms with E-state index in [0.29, 0.717) is 67.2 Å². The van der Waals surface area contributed by atoms with E-state index >= 15 is 0 Å². The van der Waals surface area contributed by atoms with E-state index in [1.165, 1.54) is 0 Å². The molecule has 0 N–H and O–H groups in total. The smallest absolute Gasteiger partial charge is 0.417 e. The van der Waals surface area contributed by atoms with Crippen LogP contribution in [-0.2, 0) is 51.2 Å². The standard InChI is InChI=1S/C30H36F9N3O4S/c1-4-41(16-20-8-6-19(7-9-20)12-26(43)46-5-2)27-22(13-25(15-40-27)30(37,38)39)18-42(47(3,44)45)17-21-10-23(28(31,32)33)14-24(11-21)29(34,35)36/h10-11,13-15,19-20H,4-9,12,16-18H2,1-3H3/t19-,20-. The van der Waals surface area contributed by atoms with Crippen LogP contribution in [0.2, 0.25) is 0 Å². The highest BCUT2D eigenvalue weighted by atomic mass is 32.2. The summed E-state index contributed by atoms with van der Waals surface area (Å²) in [5.74, 6) is -0.109. The number of alkyl halides is 9. The summed E-state index contributed by atoms with van der Waals surface area (Å²) in [6, 6.07) is 1.32. The molecule has 0 unspecified atom stereocenters. The second-order valence-electron chi connectivity index (χ2n) is 11.6. The highest BCUT2D eigenvalue weighted by molar-refractivity contribution is 7.88. The summed E-state index contributed by atoms with van der Waals surface area (Å²) in [5.41, 5.74) is -5.42. The van der Waals surface area contributed by atoms with Crippen LogP contribution in [0.25, 0.3) is 0 Å². The molecule has 0 radical (unpaired) electrons. The van der Waals surface area contributed by atoms with Gasteiger partial charge in [-0.1, -0.05) is 0 Å². The lowest BCUT2D eigenvalue weighted by molar-refractivity contribution is -0.145. The number of nitrogens with zero attached hydrogens (tertiary/aromatic N) is 3. The van der Waals surface area contributed by atoms with Crippen LogP contribution in [-0.4, -0.2) is 49.6 Å². The van der Waals surface area contributed by atoms with Gasteiger partial charge in [0.2, 0.25) is 10.0 Å². The van der Waals surface area contributed by atoms with Crippen molar-refractivity contribution in [3.05, 3.63) is 58.3 Å². The van der Waals surface area contributed by atoms with Crippen molar-refractivity contribution >= 4 is 21.8 Å². The third kappa shape index (κ3) is 11.0. The van der Waals surface area contributed by atoms with Crippen molar-refractivity contribution in [3.63, 3.8) is 0 Å². The molecule has 1 saturated carbocycles. The minimum absolute atomic E-state index is 0.00261. The van der Waals surface area contributed by atoms with Crippen molar-refractivity contribution in [2.75, 3.05) is 30.9 Å². The molecule has 0 atom stereocenters. The molecule has 1 aliphatic rings. The number of aromatic nitrogens is 1. The number of sulfonamides is 1. The van der Waals surface area contributed by atoms with Crippen molar-refractivity contribution in [2.45, 2.75) is 77.6 Å². The van der Waals surface area contributed by atoms with Crippen LogP contribution >= 0.6 is 0 Å². The zero-order chi connectivity index (χ0) is 35.4. The quantitative estimate of drug-likeness (QED) is 0.167. The van der Waals surface area contributed by atoms with Gasteiger partial charge in [0.25, 0.3) is 0 Å². The second kappa shape index (κ2) is 15.0. The van der Waals surface area contributed by atoms with Gasteiger partial charge in [-0.3, -0.25) is 4.79 Å². The van der Waals surface area contributed by atoms with E-state index in [4.69, 9.17) is 4.74 Å². The van der Waals surface area contributed by atoms with E-state index in [-0.39, 0.29) is 54.8 Å². The van der Waals surface area contributed by atoms with E-state index in [9.17, 15) is 52.7 Å². The van der Waals surface area contributed by atoms with Gasteiger partial charge in [0.15, 0.2) is 0 Å². The van der Waals surface area contributed by atoms with Gasteiger partial charge in [-0.25, -0.2) is 13.4 Å². The first-order valence-corrected chi connectivity index (χ1v) is 16.7. The van der Waals surface area contributed by atoms with Crippen molar-refractivity contribution in [2.24, 2.45) is 11.8 Å². The van der Waals surface area contributed by atoms with Crippen LogP contribution in [0.4, 0.5) is 45.3 Å². The molecular formula is C30H36F9N3O4S. The molecule has 264 valence electrons. The largest absolute Gasteiger partial charge is 0.466 e. The van der Waals surface area contributed by atoms with Crippen molar-refractivity contribution < 1.29 is 57.5 Å². The summed E-state index contributed by atoms with van der Waals surface area (Å²) in [6.07, 6.45) is -10.9. The van der Waals surface area contributed by atoms with Crippen LogP contribution in [0.15, 0.2) is 30.5 Å². The Hall–Kier alpha value is -3.08. The van der Waals surface area contributed by atoms with Crippen LogP contribution < -0.4 is 4.90 Å². The van der Waals surface area contributed by atoms with Crippen molar-refractivity contribution in [1.82, 2.24) is 9.29 Å². The average molecular weight is 706 g/mol. The lowest BCUT2D eigenvalue weighted by atomic mass is 9.80. The molecule has 47 heavy (non-hydrogen) atoms. The number of rotatable bonds is 12.